The van der Waals surface area contributed by atoms with E-state index in [9.17, 15) is 19.5 Å². The largest absolute Gasteiger partial charge is 0.508 e. The van der Waals surface area contributed by atoms with Crippen molar-refractivity contribution < 1.29 is 14.7 Å². The third-order valence-corrected chi connectivity index (χ3v) is 6.31. The van der Waals surface area contributed by atoms with E-state index in [1.54, 1.807) is 53.4 Å². The van der Waals surface area contributed by atoms with Gasteiger partial charge in [-0.1, -0.05) is 36.4 Å². The van der Waals surface area contributed by atoms with Gasteiger partial charge in [0.2, 0.25) is 0 Å². The zero-order valence-electron chi connectivity index (χ0n) is 18.4. The van der Waals surface area contributed by atoms with Crippen molar-refractivity contribution in [1.29, 1.82) is 0 Å². The number of phenols is 1. The second kappa shape index (κ2) is 8.94. The van der Waals surface area contributed by atoms with Gasteiger partial charge in [-0.05, 0) is 55.3 Å². The summed E-state index contributed by atoms with van der Waals surface area (Å²) in [5.41, 5.74) is 1.09. The number of carbonyl (C=O) groups is 2. The number of piperidine rings is 1. The maximum Gasteiger partial charge on any atom is 0.279 e. The minimum Gasteiger partial charge on any atom is -0.508 e. The van der Waals surface area contributed by atoms with Crippen molar-refractivity contribution in [1.82, 2.24) is 14.7 Å². The molecule has 1 N–H and O–H groups in total. The van der Waals surface area contributed by atoms with Gasteiger partial charge in [-0.15, -0.1) is 0 Å². The van der Waals surface area contributed by atoms with Crippen LogP contribution in [0.25, 0.3) is 16.5 Å². The normalized spacial score (nSPS) is 14.3. The van der Waals surface area contributed by atoms with Gasteiger partial charge in [0.05, 0.1) is 11.1 Å². The first kappa shape index (κ1) is 21.6. The fraction of sp³-hybridized carbons (Fsp3) is 0.185. The highest BCUT2D eigenvalue weighted by molar-refractivity contribution is 6.05. The number of nitrogens with zero attached hydrogens (tertiary/aromatic N) is 3. The van der Waals surface area contributed by atoms with Gasteiger partial charge in [-0.3, -0.25) is 14.4 Å². The first-order valence-electron chi connectivity index (χ1n) is 11.2. The van der Waals surface area contributed by atoms with E-state index in [2.05, 4.69) is 5.10 Å². The lowest BCUT2D eigenvalue weighted by atomic mass is 9.88. The van der Waals surface area contributed by atoms with Crippen LogP contribution in [0.15, 0.2) is 83.7 Å². The molecule has 1 aromatic heterocycles. The molecular weight excluding hydrogens is 430 g/mol. The Hall–Kier alpha value is -4.26. The Morgan fingerprint density at radius 3 is 2.12 bits per heavy atom. The summed E-state index contributed by atoms with van der Waals surface area (Å²) < 4.78 is 1.27. The summed E-state index contributed by atoms with van der Waals surface area (Å²) in [5, 5.41) is 14.9. The number of aromatic hydroxyl groups is 1. The molecule has 170 valence electrons. The fourth-order valence-corrected chi connectivity index (χ4v) is 4.45. The summed E-state index contributed by atoms with van der Waals surface area (Å²) in [6.45, 7) is 0.849. The van der Waals surface area contributed by atoms with Crippen LogP contribution in [0, 0.1) is 5.92 Å². The smallest absolute Gasteiger partial charge is 0.279 e. The van der Waals surface area contributed by atoms with Crippen molar-refractivity contribution in [3.63, 3.8) is 0 Å². The van der Waals surface area contributed by atoms with E-state index >= 15 is 0 Å². The van der Waals surface area contributed by atoms with Crippen molar-refractivity contribution in [3.05, 3.63) is 100 Å². The molecule has 0 radical (unpaired) electrons. The highest BCUT2D eigenvalue weighted by Crippen LogP contribution is 2.25. The van der Waals surface area contributed by atoms with Gasteiger partial charge in [0, 0.05) is 30.0 Å². The van der Waals surface area contributed by atoms with Crippen LogP contribution in [0.2, 0.25) is 0 Å². The van der Waals surface area contributed by atoms with E-state index < -0.39 is 0 Å². The van der Waals surface area contributed by atoms with Gasteiger partial charge in [-0.25, -0.2) is 0 Å². The SMILES string of the molecule is O=C(c1ccc(O)cc1)C1CCN(C(=O)c2nn(-c3ccccc3)c(=O)c3ccccc23)CC1. The first-order chi connectivity index (χ1) is 16.5. The molecule has 5 rings (SSSR count). The van der Waals surface area contributed by atoms with E-state index in [0.717, 1.165) is 0 Å². The Labute approximate surface area is 195 Å². The summed E-state index contributed by atoms with van der Waals surface area (Å²) in [5.74, 6) is -0.296. The highest BCUT2D eigenvalue weighted by atomic mass is 16.3. The van der Waals surface area contributed by atoms with Gasteiger partial charge >= 0.3 is 0 Å². The Balaban J connectivity index is 1.42. The van der Waals surface area contributed by atoms with Crippen molar-refractivity contribution in [2.45, 2.75) is 12.8 Å². The predicted octanol–water partition coefficient (Wildman–Crippen LogP) is 3.83. The van der Waals surface area contributed by atoms with Crippen molar-refractivity contribution in [3.8, 4) is 11.4 Å². The fourth-order valence-electron chi connectivity index (χ4n) is 4.45. The molecule has 34 heavy (non-hydrogen) atoms. The molecule has 1 aliphatic rings. The number of Topliss-reactive ketones (excluding diaryl/α,β-unsaturated/α-hetero) is 1. The third-order valence-electron chi connectivity index (χ3n) is 6.31. The Bertz CT molecular complexity index is 1420. The number of ketones is 1. The number of carbonyl (C=O) groups excluding carboxylic acids is 2. The van der Waals surface area contributed by atoms with Crippen LogP contribution >= 0.6 is 0 Å². The topological polar surface area (TPSA) is 92.5 Å². The average molecular weight is 453 g/mol. The number of para-hydroxylation sites is 1. The first-order valence-corrected chi connectivity index (χ1v) is 11.2. The number of hydrogen-bond donors (Lipinski definition) is 1. The lowest BCUT2D eigenvalue weighted by Crippen LogP contribution is -2.41. The zero-order valence-corrected chi connectivity index (χ0v) is 18.4. The van der Waals surface area contributed by atoms with Gasteiger partial charge in [0.25, 0.3) is 11.5 Å². The lowest BCUT2D eigenvalue weighted by Gasteiger charge is -2.31. The molecule has 0 unspecified atom stereocenters. The van der Waals surface area contributed by atoms with Crippen LogP contribution in [-0.4, -0.2) is 44.6 Å². The van der Waals surface area contributed by atoms with Crippen molar-refractivity contribution >= 4 is 22.5 Å². The molecule has 1 aliphatic heterocycles. The lowest BCUT2D eigenvalue weighted by molar-refractivity contribution is 0.0646. The van der Waals surface area contributed by atoms with E-state index in [1.807, 2.05) is 18.2 Å². The number of benzene rings is 3. The molecule has 0 atom stereocenters. The van der Waals surface area contributed by atoms with Crippen molar-refractivity contribution in [2.24, 2.45) is 5.92 Å². The number of fused-ring (bicyclic) bond motifs is 1. The average Bonchev–Trinajstić information content (AvgIpc) is 2.89. The molecule has 1 saturated heterocycles. The van der Waals surface area contributed by atoms with E-state index in [4.69, 9.17) is 0 Å². The van der Waals surface area contributed by atoms with Crippen LogP contribution in [0.5, 0.6) is 5.75 Å². The van der Waals surface area contributed by atoms with Crippen molar-refractivity contribution in [2.75, 3.05) is 13.1 Å². The number of hydrogen-bond acceptors (Lipinski definition) is 5. The van der Waals surface area contributed by atoms with Crippen LogP contribution in [-0.2, 0) is 0 Å². The Morgan fingerprint density at radius 2 is 1.44 bits per heavy atom. The summed E-state index contributed by atoms with van der Waals surface area (Å²) in [4.78, 5) is 41.1. The monoisotopic (exact) mass is 453 g/mol. The number of phenolic OH excluding ortho intramolecular Hbond substituents is 1. The molecule has 0 spiro atoms. The summed E-state index contributed by atoms with van der Waals surface area (Å²) in [7, 11) is 0. The molecule has 1 fully saturated rings. The molecular formula is C27H23N3O4. The zero-order chi connectivity index (χ0) is 23.7. The molecule has 1 amide bonds. The van der Waals surface area contributed by atoms with Crippen LogP contribution in [0.3, 0.4) is 0 Å². The Morgan fingerprint density at radius 1 is 0.824 bits per heavy atom. The molecule has 7 nitrogen and oxygen atoms in total. The number of aromatic nitrogens is 2. The predicted molar refractivity (Wildman–Crippen MR) is 128 cm³/mol. The summed E-state index contributed by atoms with van der Waals surface area (Å²) in [6.07, 6.45) is 1.09. The molecule has 2 heterocycles. The molecule has 0 bridgehead atoms. The summed E-state index contributed by atoms with van der Waals surface area (Å²) >= 11 is 0. The van der Waals surface area contributed by atoms with Crippen LogP contribution in [0.4, 0.5) is 0 Å². The number of amides is 1. The molecule has 3 aromatic carbocycles. The molecule has 7 heteroatoms. The standard InChI is InChI=1S/C27H23N3O4/c31-21-12-10-18(11-13-21)25(32)19-14-16-29(17-15-19)27(34)24-22-8-4-5-9-23(22)26(33)30(28-24)20-6-2-1-3-7-20/h1-13,19,31H,14-17H2. The van der Waals surface area contributed by atoms with Gasteiger partial charge in [-0.2, -0.15) is 9.78 Å². The summed E-state index contributed by atoms with van der Waals surface area (Å²) in [6, 6.07) is 22.3. The van der Waals surface area contributed by atoms with Crippen LogP contribution in [0.1, 0.15) is 33.7 Å². The quantitative estimate of drug-likeness (QED) is 0.474. The molecule has 4 aromatic rings. The number of rotatable bonds is 4. The maximum atomic E-state index is 13.5. The molecule has 0 aliphatic carbocycles. The second-order valence-corrected chi connectivity index (χ2v) is 8.42. The Kier molecular flexibility index (Phi) is 5.67. The second-order valence-electron chi connectivity index (χ2n) is 8.42. The van der Waals surface area contributed by atoms with Gasteiger partial charge < -0.3 is 10.0 Å². The number of likely N-dealkylation sites (tertiary alicyclic amines) is 1. The third kappa shape index (κ3) is 3.96. The van der Waals surface area contributed by atoms with Crippen LogP contribution < -0.4 is 5.56 Å². The minimum absolute atomic E-state index is 0.0216. The maximum absolute atomic E-state index is 13.5. The van der Waals surface area contributed by atoms with E-state index in [1.165, 1.54) is 16.8 Å². The minimum atomic E-state index is -0.281. The highest BCUT2D eigenvalue weighted by Gasteiger charge is 2.30. The van der Waals surface area contributed by atoms with Gasteiger partial charge in [0.15, 0.2) is 11.5 Å². The van der Waals surface area contributed by atoms with Gasteiger partial charge in [0.1, 0.15) is 5.75 Å². The van der Waals surface area contributed by atoms with E-state index in [-0.39, 0.29) is 34.6 Å². The van der Waals surface area contributed by atoms with E-state index in [0.29, 0.717) is 48.0 Å². The molecule has 0 saturated carbocycles.